The lowest BCUT2D eigenvalue weighted by Gasteiger charge is -1.98. The molecule has 0 unspecified atom stereocenters. The van der Waals surface area contributed by atoms with E-state index in [0.29, 0.717) is 5.56 Å². The van der Waals surface area contributed by atoms with Crippen molar-refractivity contribution in [3.8, 4) is 11.8 Å². The summed E-state index contributed by atoms with van der Waals surface area (Å²) in [5.74, 6) is 6.02. The molecule has 0 atom stereocenters. The van der Waals surface area contributed by atoms with Crippen molar-refractivity contribution in [1.29, 1.82) is 0 Å². The number of hydrogen-bond acceptors (Lipinski definition) is 2. The molecule has 0 aliphatic rings. The van der Waals surface area contributed by atoms with E-state index in [2.05, 4.69) is 16.8 Å². The molecule has 2 nitrogen and oxygen atoms in total. The first-order valence-electron chi connectivity index (χ1n) is 5.29. The average molecular weight is 221 g/mol. The Morgan fingerprint density at radius 3 is 2.65 bits per heavy atom. The second-order valence-electron chi connectivity index (χ2n) is 3.59. The summed E-state index contributed by atoms with van der Waals surface area (Å²) in [6, 6.07) is 11.1. The molecule has 82 valence electrons. The highest BCUT2D eigenvalue weighted by Gasteiger charge is 2.02. The summed E-state index contributed by atoms with van der Waals surface area (Å²) >= 11 is 0. The summed E-state index contributed by atoms with van der Waals surface area (Å²) in [4.78, 5) is 15.4. The van der Waals surface area contributed by atoms with Crippen LogP contribution >= 0.6 is 0 Å². The number of rotatable bonds is 1. The fourth-order valence-electron chi connectivity index (χ4n) is 1.48. The van der Waals surface area contributed by atoms with E-state index in [1.54, 1.807) is 25.4 Å². The number of carbonyl (C=O) groups is 1. The first-order chi connectivity index (χ1) is 8.27. The Balaban J connectivity index is 2.38. The maximum atomic E-state index is 11.4. The van der Waals surface area contributed by atoms with Gasteiger partial charge in [0.1, 0.15) is 0 Å². The lowest BCUT2D eigenvalue weighted by atomic mass is 10.0. The highest BCUT2D eigenvalue weighted by molar-refractivity contribution is 5.96. The molecule has 1 heterocycles. The normalized spacial score (nSPS) is 9.24. The summed E-state index contributed by atoms with van der Waals surface area (Å²) in [5.41, 5.74) is 2.25. The fourth-order valence-corrected chi connectivity index (χ4v) is 1.48. The molecule has 1 aromatic heterocycles. The van der Waals surface area contributed by atoms with Gasteiger partial charge < -0.3 is 0 Å². The number of pyridine rings is 1. The Labute approximate surface area is 100 Å². The zero-order valence-corrected chi connectivity index (χ0v) is 9.47. The van der Waals surface area contributed by atoms with Crippen LogP contribution in [0.4, 0.5) is 0 Å². The minimum absolute atomic E-state index is 0.0288. The molecule has 2 heteroatoms. The predicted octanol–water partition coefficient (Wildman–Crippen LogP) is 2.68. The third kappa shape index (κ3) is 2.79. The molecule has 17 heavy (non-hydrogen) atoms. The molecule has 0 fully saturated rings. The van der Waals surface area contributed by atoms with Crippen LogP contribution in [0.15, 0.2) is 48.8 Å². The predicted molar refractivity (Wildman–Crippen MR) is 66.7 cm³/mol. The van der Waals surface area contributed by atoms with E-state index < -0.39 is 0 Å². The van der Waals surface area contributed by atoms with Crippen molar-refractivity contribution in [2.45, 2.75) is 6.92 Å². The highest BCUT2D eigenvalue weighted by Crippen LogP contribution is 2.08. The van der Waals surface area contributed by atoms with Crippen LogP contribution in [0.1, 0.15) is 28.4 Å². The summed E-state index contributed by atoms with van der Waals surface area (Å²) in [6.45, 7) is 1.55. The fraction of sp³-hybridized carbons (Fsp3) is 0.0667. The summed E-state index contributed by atoms with van der Waals surface area (Å²) in [5, 5.41) is 0. The van der Waals surface area contributed by atoms with Gasteiger partial charge in [0.2, 0.25) is 0 Å². The van der Waals surface area contributed by atoms with Gasteiger partial charge >= 0.3 is 0 Å². The molecular weight excluding hydrogens is 210 g/mol. The zero-order valence-electron chi connectivity index (χ0n) is 9.47. The standard InChI is InChI=1S/C15H11NO/c1-12(17)15-7-3-2-6-14(15)9-8-13-5-4-10-16-11-13/h2-7,10-11H,1H3. The lowest BCUT2D eigenvalue weighted by Crippen LogP contribution is -1.95. The lowest BCUT2D eigenvalue weighted by molar-refractivity contribution is 0.101. The van der Waals surface area contributed by atoms with Crippen molar-refractivity contribution in [2.24, 2.45) is 0 Å². The number of Topliss-reactive ketones (excluding diaryl/α,β-unsaturated/α-hetero) is 1. The molecule has 0 aliphatic carbocycles. The van der Waals surface area contributed by atoms with Gasteiger partial charge in [-0.1, -0.05) is 30.0 Å². The van der Waals surface area contributed by atoms with Gasteiger partial charge in [-0.3, -0.25) is 9.78 Å². The molecule has 0 spiro atoms. The smallest absolute Gasteiger partial charge is 0.161 e. The number of carbonyl (C=O) groups excluding carboxylic acids is 1. The third-order valence-electron chi connectivity index (χ3n) is 2.31. The van der Waals surface area contributed by atoms with E-state index in [-0.39, 0.29) is 5.78 Å². The van der Waals surface area contributed by atoms with Gasteiger partial charge in [0.05, 0.1) is 0 Å². The first kappa shape index (κ1) is 11.1. The average Bonchev–Trinajstić information content (AvgIpc) is 2.38. The Hall–Kier alpha value is -2.40. The molecule has 1 aromatic carbocycles. The maximum absolute atomic E-state index is 11.4. The number of hydrogen-bond donors (Lipinski definition) is 0. The molecule has 2 rings (SSSR count). The van der Waals surface area contributed by atoms with Crippen LogP contribution in [0.25, 0.3) is 0 Å². The maximum Gasteiger partial charge on any atom is 0.161 e. The van der Waals surface area contributed by atoms with E-state index in [0.717, 1.165) is 11.1 Å². The van der Waals surface area contributed by atoms with Gasteiger partial charge in [0, 0.05) is 29.1 Å². The Bertz CT molecular complexity index is 591. The van der Waals surface area contributed by atoms with Gasteiger partial charge in [-0.15, -0.1) is 0 Å². The minimum Gasteiger partial charge on any atom is -0.294 e. The van der Waals surface area contributed by atoms with Crippen molar-refractivity contribution >= 4 is 5.78 Å². The molecule has 0 radical (unpaired) electrons. The summed E-state index contributed by atoms with van der Waals surface area (Å²) < 4.78 is 0. The van der Waals surface area contributed by atoms with Crippen molar-refractivity contribution in [3.63, 3.8) is 0 Å². The molecule has 0 aliphatic heterocycles. The van der Waals surface area contributed by atoms with E-state index >= 15 is 0 Å². The van der Waals surface area contributed by atoms with Gasteiger partial charge in [-0.2, -0.15) is 0 Å². The molecule has 2 aromatic rings. The molecule has 0 bridgehead atoms. The SMILES string of the molecule is CC(=O)c1ccccc1C#Cc1cccnc1. The van der Waals surface area contributed by atoms with Crippen molar-refractivity contribution in [1.82, 2.24) is 4.98 Å². The van der Waals surface area contributed by atoms with Gasteiger partial charge in [-0.05, 0) is 25.1 Å². The molecular formula is C15H11NO. The molecule has 0 N–H and O–H groups in total. The summed E-state index contributed by atoms with van der Waals surface area (Å²) in [6.07, 6.45) is 3.40. The second kappa shape index (κ2) is 5.09. The van der Waals surface area contributed by atoms with E-state index in [4.69, 9.17) is 0 Å². The van der Waals surface area contributed by atoms with Crippen LogP contribution in [0, 0.1) is 11.8 Å². The quantitative estimate of drug-likeness (QED) is 0.547. The first-order valence-corrected chi connectivity index (χ1v) is 5.29. The van der Waals surface area contributed by atoms with E-state index in [1.807, 2.05) is 30.3 Å². The molecule has 0 saturated carbocycles. The van der Waals surface area contributed by atoms with Crippen LogP contribution in [-0.4, -0.2) is 10.8 Å². The van der Waals surface area contributed by atoms with Crippen LogP contribution in [0.3, 0.4) is 0 Å². The topological polar surface area (TPSA) is 30.0 Å². The number of ketones is 1. The highest BCUT2D eigenvalue weighted by atomic mass is 16.1. The summed E-state index contributed by atoms with van der Waals surface area (Å²) in [7, 11) is 0. The second-order valence-corrected chi connectivity index (χ2v) is 3.59. The van der Waals surface area contributed by atoms with Crippen LogP contribution in [0.2, 0.25) is 0 Å². The Kier molecular flexibility index (Phi) is 3.32. The minimum atomic E-state index is 0.0288. The molecule has 0 amide bonds. The van der Waals surface area contributed by atoms with Gasteiger partial charge in [-0.25, -0.2) is 0 Å². The number of aromatic nitrogens is 1. The van der Waals surface area contributed by atoms with Crippen LogP contribution in [-0.2, 0) is 0 Å². The van der Waals surface area contributed by atoms with Gasteiger partial charge in [0.15, 0.2) is 5.78 Å². The molecule has 0 saturated heterocycles. The van der Waals surface area contributed by atoms with Crippen LogP contribution < -0.4 is 0 Å². The monoisotopic (exact) mass is 221 g/mol. The van der Waals surface area contributed by atoms with Crippen molar-refractivity contribution in [3.05, 3.63) is 65.5 Å². The van der Waals surface area contributed by atoms with Crippen molar-refractivity contribution in [2.75, 3.05) is 0 Å². The largest absolute Gasteiger partial charge is 0.294 e. The Morgan fingerprint density at radius 1 is 1.12 bits per heavy atom. The van der Waals surface area contributed by atoms with Crippen molar-refractivity contribution < 1.29 is 4.79 Å². The number of benzene rings is 1. The van der Waals surface area contributed by atoms with Crippen LogP contribution in [0.5, 0.6) is 0 Å². The third-order valence-corrected chi connectivity index (χ3v) is 2.31. The van der Waals surface area contributed by atoms with Gasteiger partial charge in [0.25, 0.3) is 0 Å². The van der Waals surface area contributed by atoms with E-state index in [1.165, 1.54) is 0 Å². The zero-order chi connectivity index (χ0) is 12.1. The number of nitrogens with zero attached hydrogens (tertiary/aromatic N) is 1. The Morgan fingerprint density at radius 2 is 1.94 bits per heavy atom. The van der Waals surface area contributed by atoms with E-state index in [9.17, 15) is 4.79 Å².